The van der Waals surface area contributed by atoms with Crippen molar-refractivity contribution < 1.29 is 27.1 Å². The molecule has 1 fully saturated rings. The number of nitrogens with zero attached hydrogens (tertiary/aromatic N) is 3. The van der Waals surface area contributed by atoms with Crippen molar-refractivity contribution in [3.8, 4) is 6.07 Å². The summed E-state index contributed by atoms with van der Waals surface area (Å²) in [6.07, 6.45) is -0.137. The topological polar surface area (TPSA) is 129 Å². The van der Waals surface area contributed by atoms with E-state index in [4.69, 9.17) is 4.74 Å². The molecule has 1 aliphatic heterocycles. The Hall–Kier alpha value is -3.52. The fourth-order valence-corrected chi connectivity index (χ4v) is 4.59. The van der Waals surface area contributed by atoms with Crippen molar-refractivity contribution in [3.63, 3.8) is 0 Å². The van der Waals surface area contributed by atoms with E-state index in [1.807, 2.05) is 6.07 Å². The van der Waals surface area contributed by atoms with Gasteiger partial charge in [-0.15, -0.1) is 0 Å². The zero-order valence-electron chi connectivity index (χ0n) is 18.0. The van der Waals surface area contributed by atoms with Gasteiger partial charge in [-0.3, -0.25) is 13.9 Å². The Balaban J connectivity index is 1.70. The molecule has 1 N–H and O–H groups in total. The first-order chi connectivity index (χ1) is 15.8. The number of alkyl halides is 1. The number of nitriles is 1. The third kappa shape index (κ3) is 5.84. The van der Waals surface area contributed by atoms with Gasteiger partial charge in [0.25, 0.3) is 0 Å². The van der Waals surface area contributed by atoms with E-state index in [0.717, 1.165) is 0 Å². The normalized spacial score (nSPS) is 13.7. The number of pyridine rings is 1. The average molecular weight is 475 g/mol. The SMILES string of the molecule is CCOC(=O)c1cc(C#N)c(N2CC(C(=O)NS(=O)(=O)Cc3ccccc3)C2)nc1CCF. The first kappa shape index (κ1) is 24.1. The van der Waals surface area contributed by atoms with E-state index >= 15 is 0 Å². The van der Waals surface area contributed by atoms with Crippen LogP contribution in [0.25, 0.3) is 0 Å². The lowest BCUT2D eigenvalue weighted by molar-refractivity contribution is -0.123. The van der Waals surface area contributed by atoms with Gasteiger partial charge in [0.1, 0.15) is 11.9 Å². The molecule has 174 valence electrons. The third-order valence-corrected chi connectivity index (χ3v) is 6.26. The molecule has 1 aromatic heterocycles. The number of esters is 1. The Morgan fingerprint density at radius 3 is 2.61 bits per heavy atom. The molecule has 0 unspecified atom stereocenters. The number of aromatic nitrogens is 1. The van der Waals surface area contributed by atoms with Crippen LogP contribution in [-0.2, 0) is 31.7 Å². The third-order valence-electron chi connectivity index (χ3n) is 5.04. The molecule has 0 spiro atoms. The average Bonchev–Trinajstić information content (AvgIpc) is 2.73. The van der Waals surface area contributed by atoms with E-state index in [-0.39, 0.29) is 54.5 Å². The quantitative estimate of drug-likeness (QED) is 0.544. The highest BCUT2D eigenvalue weighted by atomic mass is 32.2. The molecule has 0 saturated carbocycles. The Morgan fingerprint density at radius 2 is 2.00 bits per heavy atom. The van der Waals surface area contributed by atoms with Crippen LogP contribution in [0.3, 0.4) is 0 Å². The van der Waals surface area contributed by atoms with Gasteiger partial charge in [-0.1, -0.05) is 30.3 Å². The zero-order valence-corrected chi connectivity index (χ0v) is 18.8. The highest BCUT2D eigenvalue weighted by molar-refractivity contribution is 7.89. The lowest BCUT2D eigenvalue weighted by Gasteiger charge is -2.39. The molecule has 1 aromatic carbocycles. The number of nitrogens with one attached hydrogen (secondary N) is 1. The monoisotopic (exact) mass is 474 g/mol. The molecular formula is C22H23FN4O5S. The van der Waals surface area contributed by atoms with Crippen LogP contribution < -0.4 is 9.62 Å². The maximum Gasteiger partial charge on any atom is 0.340 e. The van der Waals surface area contributed by atoms with Gasteiger partial charge in [-0.25, -0.2) is 18.2 Å². The van der Waals surface area contributed by atoms with Crippen LogP contribution in [0.1, 0.15) is 34.1 Å². The van der Waals surface area contributed by atoms with Gasteiger partial charge in [-0.2, -0.15) is 5.26 Å². The second-order valence-corrected chi connectivity index (χ2v) is 9.16. The summed E-state index contributed by atoms with van der Waals surface area (Å²) in [6.45, 7) is 1.25. The minimum Gasteiger partial charge on any atom is -0.462 e. The predicted molar refractivity (Wildman–Crippen MR) is 117 cm³/mol. The van der Waals surface area contributed by atoms with Crippen LogP contribution in [-0.4, -0.2) is 51.6 Å². The number of ether oxygens (including phenoxy) is 1. The number of amides is 1. The highest BCUT2D eigenvalue weighted by Crippen LogP contribution is 2.29. The van der Waals surface area contributed by atoms with Crippen molar-refractivity contribution in [2.24, 2.45) is 5.92 Å². The lowest BCUT2D eigenvalue weighted by Crippen LogP contribution is -2.55. The molecular weight excluding hydrogens is 451 g/mol. The van der Waals surface area contributed by atoms with E-state index in [9.17, 15) is 27.7 Å². The highest BCUT2D eigenvalue weighted by Gasteiger charge is 2.37. The molecule has 0 bridgehead atoms. The summed E-state index contributed by atoms with van der Waals surface area (Å²) in [6, 6.07) is 11.8. The molecule has 1 aliphatic rings. The largest absolute Gasteiger partial charge is 0.462 e. The van der Waals surface area contributed by atoms with E-state index in [1.165, 1.54) is 6.07 Å². The van der Waals surface area contributed by atoms with E-state index in [2.05, 4.69) is 9.71 Å². The van der Waals surface area contributed by atoms with Crippen molar-refractivity contribution in [3.05, 3.63) is 58.8 Å². The van der Waals surface area contributed by atoms with Crippen LogP contribution >= 0.6 is 0 Å². The Bertz CT molecular complexity index is 1180. The van der Waals surface area contributed by atoms with Crippen molar-refractivity contribution in [2.75, 3.05) is 31.3 Å². The fourth-order valence-electron chi connectivity index (χ4n) is 3.41. The van der Waals surface area contributed by atoms with Crippen molar-refractivity contribution in [2.45, 2.75) is 19.1 Å². The van der Waals surface area contributed by atoms with Crippen LogP contribution in [0, 0.1) is 17.2 Å². The number of anilines is 1. The smallest absolute Gasteiger partial charge is 0.340 e. The number of hydrogen-bond donors (Lipinski definition) is 1. The molecule has 11 heteroatoms. The summed E-state index contributed by atoms with van der Waals surface area (Å²) in [5.74, 6) is -2.07. The zero-order chi connectivity index (χ0) is 24.0. The van der Waals surface area contributed by atoms with Gasteiger partial charge in [0.05, 0.1) is 41.8 Å². The van der Waals surface area contributed by atoms with Gasteiger partial charge < -0.3 is 9.64 Å². The summed E-state index contributed by atoms with van der Waals surface area (Å²) in [4.78, 5) is 30.5. The van der Waals surface area contributed by atoms with Gasteiger partial charge in [-0.05, 0) is 18.6 Å². The number of hydrogen-bond acceptors (Lipinski definition) is 8. The molecule has 1 saturated heterocycles. The molecule has 0 radical (unpaired) electrons. The first-order valence-corrected chi connectivity index (χ1v) is 11.9. The van der Waals surface area contributed by atoms with Crippen molar-refractivity contribution in [1.82, 2.24) is 9.71 Å². The summed E-state index contributed by atoms with van der Waals surface area (Å²) in [7, 11) is -3.86. The summed E-state index contributed by atoms with van der Waals surface area (Å²) < 4.78 is 44.7. The molecule has 2 heterocycles. The maximum atomic E-state index is 13.0. The number of rotatable bonds is 9. The second-order valence-electron chi connectivity index (χ2n) is 7.44. The molecule has 0 atom stereocenters. The number of aryl methyl sites for hydroxylation is 1. The predicted octanol–water partition coefficient (Wildman–Crippen LogP) is 1.72. The molecule has 1 amide bonds. The van der Waals surface area contributed by atoms with Crippen LogP contribution in [0.4, 0.5) is 10.2 Å². The Kier molecular flexibility index (Phi) is 7.60. The van der Waals surface area contributed by atoms with Gasteiger partial charge in [0, 0.05) is 19.5 Å². The van der Waals surface area contributed by atoms with Crippen LogP contribution in [0.5, 0.6) is 0 Å². The summed E-state index contributed by atoms with van der Waals surface area (Å²) >= 11 is 0. The maximum absolute atomic E-state index is 13.0. The molecule has 33 heavy (non-hydrogen) atoms. The van der Waals surface area contributed by atoms with Crippen molar-refractivity contribution in [1.29, 1.82) is 5.26 Å². The lowest BCUT2D eigenvalue weighted by atomic mass is 9.98. The molecule has 9 nitrogen and oxygen atoms in total. The minimum absolute atomic E-state index is 0.0246. The van der Waals surface area contributed by atoms with E-state index in [1.54, 1.807) is 42.2 Å². The summed E-state index contributed by atoms with van der Waals surface area (Å²) in [5, 5.41) is 9.51. The molecule has 0 aliphatic carbocycles. The number of carbonyl (C=O) groups excluding carboxylic acids is 2. The van der Waals surface area contributed by atoms with Gasteiger partial charge in [0.2, 0.25) is 15.9 Å². The standard InChI is InChI=1S/C22H23FN4O5S/c1-2-32-22(29)18-10-16(11-24)20(25-19(18)8-9-23)27-12-17(13-27)21(28)26-33(30,31)14-15-6-4-3-5-7-15/h3-7,10,17H,2,8-9,12-14H2,1H3,(H,26,28). The van der Waals surface area contributed by atoms with Crippen LogP contribution in [0.2, 0.25) is 0 Å². The summed E-state index contributed by atoms with van der Waals surface area (Å²) in [5.41, 5.74) is 0.814. The molecule has 3 rings (SSSR count). The van der Waals surface area contributed by atoms with Crippen molar-refractivity contribution >= 4 is 27.7 Å². The number of benzene rings is 1. The number of carbonyl (C=O) groups is 2. The Morgan fingerprint density at radius 1 is 1.30 bits per heavy atom. The van der Waals surface area contributed by atoms with Gasteiger partial charge >= 0.3 is 5.97 Å². The van der Waals surface area contributed by atoms with Gasteiger partial charge in [0.15, 0.2) is 0 Å². The Labute approximate surface area is 191 Å². The fraction of sp³-hybridized carbons (Fsp3) is 0.364. The number of sulfonamides is 1. The first-order valence-electron chi connectivity index (χ1n) is 10.3. The van der Waals surface area contributed by atoms with E-state index in [0.29, 0.717) is 5.56 Å². The van der Waals surface area contributed by atoms with E-state index < -0.39 is 34.5 Å². The second kappa shape index (κ2) is 10.4. The minimum atomic E-state index is -3.86. The molecule has 2 aromatic rings. The van der Waals surface area contributed by atoms with Crippen LogP contribution in [0.15, 0.2) is 36.4 Å². The number of halogens is 1.